The standard InChI is InChI=1S/C9H19N3O/c1-12(2)5-6-13-9-3-4-11-7-8(9)10/h3-4,8-9,11H,5-7,10H2,1-2H3. The Kier molecular flexibility index (Phi) is 4.21. The number of rotatable bonds is 4. The number of hydrogen-bond acceptors (Lipinski definition) is 4. The van der Waals surface area contributed by atoms with Crippen molar-refractivity contribution in [2.24, 2.45) is 5.73 Å². The SMILES string of the molecule is CN(C)CCOC1C=CNCC1N. The van der Waals surface area contributed by atoms with Crippen LogP contribution in [-0.4, -0.2) is 50.8 Å². The quantitative estimate of drug-likeness (QED) is 0.613. The highest BCUT2D eigenvalue weighted by molar-refractivity contribution is 5.00. The fraction of sp³-hybridized carbons (Fsp3) is 0.778. The van der Waals surface area contributed by atoms with Gasteiger partial charge in [0, 0.05) is 13.1 Å². The van der Waals surface area contributed by atoms with Crippen LogP contribution in [0.3, 0.4) is 0 Å². The lowest BCUT2D eigenvalue weighted by atomic mass is 10.1. The largest absolute Gasteiger partial charge is 0.389 e. The molecule has 1 rings (SSSR count). The van der Waals surface area contributed by atoms with Gasteiger partial charge >= 0.3 is 0 Å². The normalized spacial score (nSPS) is 27.7. The minimum atomic E-state index is 0.0706. The maximum absolute atomic E-state index is 5.84. The van der Waals surface area contributed by atoms with Crippen molar-refractivity contribution in [3.63, 3.8) is 0 Å². The predicted octanol–water partition coefficient (Wildman–Crippen LogP) is -0.623. The van der Waals surface area contributed by atoms with Gasteiger partial charge in [-0.05, 0) is 26.4 Å². The molecular formula is C9H19N3O. The van der Waals surface area contributed by atoms with Crippen LogP contribution in [0.2, 0.25) is 0 Å². The first kappa shape index (κ1) is 10.5. The van der Waals surface area contributed by atoms with Crippen molar-refractivity contribution in [2.75, 3.05) is 33.8 Å². The average Bonchev–Trinajstić information content (AvgIpc) is 2.08. The van der Waals surface area contributed by atoms with E-state index in [-0.39, 0.29) is 12.1 Å². The molecule has 1 aliphatic heterocycles. The van der Waals surface area contributed by atoms with Gasteiger partial charge < -0.3 is 20.7 Å². The van der Waals surface area contributed by atoms with Crippen molar-refractivity contribution in [3.8, 4) is 0 Å². The molecule has 1 heterocycles. The van der Waals surface area contributed by atoms with Crippen LogP contribution >= 0.6 is 0 Å². The summed E-state index contributed by atoms with van der Waals surface area (Å²) in [5.41, 5.74) is 5.84. The summed E-state index contributed by atoms with van der Waals surface area (Å²) in [6.45, 7) is 2.46. The van der Waals surface area contributed by atoms with Crippen molar-refractivity contribution >= 4 is 0 Å². The second kappa shape index (κ2) is 5.21. The molecule has 0 aromatic rings. The Bertz CT molecular complexity index is 170. The van der Waals surface area contributed by atoms with E-state index >= 15 is 0 Å². The van der Waals surface area contributed by atoms with Crippen LogP contribution < -0.4 is 11.1 Å². The van der Waals surface area contributed by atoms with Crippen molar-refractivity contribution in [3.05, 3.63) is 12.3 Å². The molecule has 0 saturated heterocycles. The van der Waals surface area contributed by atoms with Crippen LogP contribution in [0.25, 0.3) is 0 Å². The summed E-state index contributed by atoms with van der Waals surface area (Å²) in [4.78, 5) is 2.09. The van der Waals surface area contributed by atoms with Gasteiger partial charge in [-0.15, -0.1) is 0 Å². The maximum atomic E-state index is 5.84. The lowest BCUT2D eigenvalue weighted by Crippen LogP contribution is -2.46. The zero-order valence-electron chi connectivity index (χ0n) is 8.36. The van der Waals surface area contributed by atoms with Gasteiger partial charge in [-0.1, -0.05) is 0 Å². The molecule has 2 atom stereocenters. The van der Waals surface area contributed by atoms with Gasteiger partial charge in [-0.25, -0.2) is 0 Å². The van der Waals surface area contributed by atoms with Crippen molar-refractivity contribution < 1.29 is 4.74 Å². The lowest BCUT2D eigenvalue weighted by Gasteiger charge is -2.25. The molecule has 0 amide bonds. The molecule has 13 heavy (non-hydrogen) atoms. The van der Waals surface area contributed by atoms with E-state index in [4.69, 9.17) is 10.5 Å². The van der Waals surface area contributed by atoms with E-state index in [2.05, 4.69) is 10.2 Å². The summed E-state index contributed by atoms with van der Waals surface area (Å²) in [5, 5.41) is 3.07. The van der Waals surface area contributed by atoms with E-state index in [1.807, 2.05) is 26.4 Å². The Morgan fingerprint density at radius 1 is 1.62 bits per heavy atom. The molecule has 76 valence electrons. The van der Waals surface area contributed by atoms with E-state index in [0.29, 0.717) is 0 Å². The van der Waals surface area contributed by atoms with Crippen molar-refractivity contribution in [2.45, 2.75) is 12.1 Å². The Hall–Kier alpha value is -0.580. The second-order valence-electron chi connectivity index (χ2n) is 3.57. The molecule has 0 aromatic carbocycles. The Morgan fingerprint density at radius 3 is 3.00 bits per heavy atom. The number of hydrogen-bond donors (Lipinski definition) is 2. The third-order valence-electron chi connectivity index (χ3n) is 2.03. The van der Waals surface area contributed by atoms with Gasteiger partial charge in [-0.3, -0.25) is 0 Å². The second-order valence-corrected chi connectivity index (χ2v) is 3.57. The van der Waals surface area contributed by atoms with Gasteiger partial charge in [0.1, 0.15) is 0 Å². The topological polar surface area (TPSA) is 50.5 Å². The number of nitrogens with zero attached hydrogens (tertiary/aromatic N) is 1. The van der Waals surface area contributed by atoms with Crippen LogP contribution in [0.1, 0.15) is 0 Å². The molecule has 2 unspecified atom stereocenters. The van der Waals surface area contributed by atoms with Crippen LogP contribution in [0, 0.1) is 0 Å². The van der Waals surface area contributed by atoms with Gasteiger partial charge in [-0.2, -0.15) is 0 Å². The van der Waals surface area contributed by atoms with Crippen molar-refractivity contribution in [1.82, 2.24) is 10.2 Å². The molecule has 0 aliphatic carbocycles. The molecule has 0 fully saturated rings. The highest BCUT2D eigenvalue weighted by Gasteiger charge is 2.17. The zero-order chi connectivity index (χ0) is 9.68. The third-order valence-corrected chi connectivity index (χ3v) is 2.03. The molecule has 0 spiro atoms. The Balaban J connectivity index is 2.19. The van der Waals surface area contributed by atoms with E-state index < -0.39 is 0 Å². The van der Waals surface area contributed by atoms with Crippen molar-refractivity contribution in [1.29, 1.82) is 0 Å². The maximum Gasteiger partial charge on any atom is 0.0941 e. The van der Waals surface area contributed by atoms with Gasteiger partial charge in [0.15, 0.2) is 0 Å². The summed E-state index contributed by atoms with van der Waals surface area (Å²) < 4.78 is 5.61. The van der Waals surface area contributed by atoms with Crippen LogP contribution in [-0.2, 0) is 4.74 Å². The first-order valence-electron chi connectivity index (χ1n) is 4.62. The average molecular weight is 185 g/mol. The summed E-state index contributed by atoms with van der Waals surface area (Å²) in [6.07, 6.45) is 3.95. The molecule has 3 N–H and O–H groups in total. The number of nitrogens with one attached hydrogen (secondary N) is 1. The van der Waals surface area contributed by atoms with E-state index in [1.165, 1.54) is 0 Å². The van der Waals surface area contributed by atoms with Crippen LogP contribution in [0.15, 0.2) is 12.3 Å². The molecule has 0 bridgehead atoms. The summed E-state index contributed by atoms with van der Waals surface area (Å²) in [5.74, 6) is 0. The summed E-state index contributed by atoms with van der Waals surface area (Å²) in [6, 6.07) is 0.0761. The van der Waals surface area contributed by atoms with E-state index in [9.17, 15) is 0 Å². The molecule has 0 radical (unpaired) electrons. The third kappa shape index (κ3) is 3.76. The lowest BCUT2D eigenvalue weighted by molar-refractivity contribution is 0.0551. The number of ether oxygens (including phenoxy) is 1. The first-order valence-corrected chi connectivity index (χ1v) is 4.62. The highest BCUT2D eigenvalue weighted by Crippen LogP contribution is 2.02. The molecule has 4 nitrogen and oxygen atoms in total. The first-order chi connectivity index (χ1) is 6.20. The smallest absolute Gasteiger partial charge is 0.0941 e. The fourth-order valence-electron chi connectivity index (χ4n) is 1.18. The highest BCUT2D eigenvalue weighted by atomic mass is 16.5. The van der Waals surface area contributed by atoms with E-state index in [1.54, 1.807) is 0 Å². The Labute approximate surface area is 79.7 Å². The van der Waals surface area contributed by atoms with Gasteiger partial charge in [0.25, 0.3) is 0 Å². The monoisotopic (exact) mass is 185 g/mol. The minimum Gasteiger partial charge on any atom is -0.389 e. The predicted molar refractivity (Wildman–Crippen MR) is 53.4 cm³/mol. The molecule has 0 saturated carbocycles. The number of nitrogens with two attached hydrogens (primary N) is 1. The molecule has 0 aromatic heterocycles. The van der Waals surface area contributed by atoms with E-state index in [0.717, 1.165) is 19.7 Å². The zero-order valence-corrected chi connectivity index (χ0v) is 8.36. The molecular weight excluding hydrogens is 166 g/mol. The van der Waals surface area contributed by atoms with Gasteiger partial charge in [0.05, 0.1) is 18.8 Å². The minimum absolute atomic E-state index is 0.0706. The van der Waals surface area contributed by atoms with Gasteiger partial charge in [0.2, 0.25) is 0 Å². The Morgan fingerprint density at radius 2 is 2.38 bits per heavy atom. The number of likely N-dealkylation sites (N-methyl/N-ethyl adjacent to an activating group) is 1. The van der Waals surface area contributed by atoms with Crippen LogP contribution in [0.5, 0.6) is 0 Å². The summed E-state index contributed by atoms with van der Waals surface area (Å²) >= 11 is 0. The molecule has 1 aliphatic rings. The van der Waals surface area contributed by atoms with Crippen LogP contribution in [0.4, 0.5) is 0 Å². The molecule has 4 heteroatoms. The fourth-order valence-corrected chi connectivity index (χ4v) is 1.18. The summed E-state index contributed by atoms with van der Waals surface area (Å²) in [7, 11) is 4.06.